The van der Waals surface area contributed by atoms with E-state index in [4.69, 9.17) is 0 Å². The van der Waals surface area contributed by atoms with Gasteiger partial charge in [0.25, 0.3) is 0 Å². The molecule has 0 radical (unpaired) electrons. The topological polar surface area (TPSA) is 17.8 Å². The summed E-state index contributed by atoms with van der Waals surface area (Å²) < 4.78 is 2.04. The fourth-order valence-electron chi connectivity index (χ4n) is 1.89. The lowest BCUT2D eigenvalue weighted by molar-refractivity contribution is 0.182. The highest BCUT2D eigenvalue weighted by atomic mass is 15.3. The van der Waals surface area contributed by atoms with Crippen LogP contribution in [0.25, 0.3) is 0 Å². The first-order valence-corrected chi connectivity index (χ1v) is 4.32. The number of rotatable bonds is 2. The molecule has 1 saturated carbocycles. The number of nitrogens with zero attached hydrogens (tertiary/aromatic N) is 2. The molecule has 0 N–H and O–H groups in total. The minimum absolute atomic E-state index is 0.893. The second-order valence-electron chi connectivity index (χ2n) is 3.67. The van der Waals surface area contributed by atoms with Crippen molar-refractivity contribution in [2.75, 3.05) is 0 Å². The van der Waals surface area contributed by atoms with Gasteiger partial charge in [0.05, 0.1) is 0 Å². The smallest absolute Gasteiger partial charge is 0.0489 e. The average Bonchev–Trinajstić information content (AvgIpc) is 2.36. The first kappa shape index (κ1) is 6.89. The summed E-state index contributed by atoms with van der Waals surface area (Å²) in [4.78, 5) is 0. The van der Waals surface area contributed by atoms with Crippen LogP contribution in [0.5, 0.6) is 0 Å². The minimum atomic E-state index is 0.893. The Morgan fingerprint density at radius 3 is 2.91 bits per heavy atom. The van der Waals surface area contributed by atoms with Crippen LogP contribution in [0.2, 0.25) is 0 Å². The lowest BCUT2D eigenvalue weighted by Crippen LogP contribution is -2.25. The molecule has 0 amide bonds. The summed E-state index contributed by atoms with van der Waals surface area (Å²) in [6.45, 7) is 3.44. The van der Waals surface area contributed by atoms with Crippen molar-refractivity contribution in [3.8, 4) is 0 Å². The first-order valence-electron chi connectivity index (χ1n) is 4.32. The second kappa shape index (κ2) is 2.68. The van der Waals surface area contributed by atoms with Gasteiger partial charge in [-0.05, 0) is 30.7 Å². The Morgan fingerprint density at radius 1 is 1.55 bits per heavy atom. The molecule has 0 unspecified atom stereocenters. The fraction of sp³-hybridized carbons (Fsp3) is 0.667. The van der Waals surface area contributed by atoms with Crippen molar-refractivity contribution in [1.29, 1.82) is 0 Å². The van der Waals surface area contributed by atoms with Crippen molar-refractivity contribution >= 4 is 0 Å². The Kier molecular flexibility index (Phi) is 1.68. The van der Waals surface area contributed by atoms with Crippen LogP contribution in [0.3, 0.4) is 0 Å². The largest absolute Gasteiger partial charge is 0.272 e. The van der Waals surface area contributed by atoms with Gasteiger partial charge in [-0.25, -0.2) is 0 Å². The molecular weight excluding hydrogens is 136 g/mol. The number of hydrogen-bond acceptors (Lipinski definition) is 1. The third kappa shape index (κ3) is 1.44. The van der Waals surface area contributed by atoms with Gasteiger partial charge in [-0.3, -0.25) is 4.68 Å². The third-order valence-corrected chi connectivity index (χ3v) is 2.48. The van der Waals surface area contributed by atoms with Crippen LogP contribution >= 0.6 is 0 Å². The van der Waals surface area contributed by atoms with Gasteiger partial charge >= 0.3 is 0 Å². The van der Waals surface area contributed by atoms with Crippen molar-refractivity contribution in [3.05, 3.63) is 18.5 Å². The standard InChI is InChI=1S/C9H14N2/c1-8-5-9(6-8)7-11-4-2-3-10-11/h2-4,8-9H,5-7H2,1H3. The molecule has 0 atom stereocenters. The van der Waals surface area contributed by atoms with Crippen LogP contribution in [0.1, 0.15) is 19.8 Å². The van der Waals surface area contributed by atoms with E-state index in [2.05, 4.69) is 12.0 Å². The molecule has 1 fully saturated rings. The zero-order valence-electron chi connectivity index (χ0n) is 6.90. The summed E-state index contributed by atoms with van der Waals surface area (Å²) in [5.74, 6) is 1.85. The summed E-state index contributed by atoms with van der Waals surface area (Å²) in [5, 5.41) is 4.18. The first-order chi connectivity index (χ1) is 5.34. The predicted molar refractivity (Wildman–Crippen MR) is 44.1 cm³/mol. The van der Waals surface area contributed by atoms with Crippen molar-refractivity contribution in [3.63, 3.8) is 0 Å². The predicted octanol–water partition coefficient (Wildman–Crippen LogP) is 1.93. The van der Waals surface area contributed by atoms with Crippen LogP contribution < -0.4 is 0 Å². The van der Waals surface area contributed by atoms with Crippen molar-refractivity contribution in [2.24, 2.45) is 11.8 Å². The van der Waals surface area contributed by atoms with Gasteiger partial charge in [0.15, 0.2) is 0 Å². The summed E-state index contributed by atoms with van der Waals surface area (Å²) in [6, 6.07) is 1.99. The fourth-order valence-corrected chi connectivity index (χ4v) is 1.89. The van der Waals surface area contributed by atoms with E-state index in [0.29, 0.717) is 0 Å². The van der Waals surface area contributed by atoms with Crippen molar-refractivity contribution in [1.82, 2.24) is 9.78 Å². The van der Waals surface area contributed by atoms with Crippen LogP contribution in [-0.4, -0.2) is 9.78 Å². The zero-order chi connectivity index (χ0) is 7.68. The quantitative estimate of drug-likeness (QED) is 0.630. The van der Waals surface area contributed by atoms with E-state index in [9.17, 15) is 0 Å². The van der Waals surface area contributed by atoms with Crippen molar-refractivity contribution < 1.29 is 0 Å². The highest BCUT2D eigenvalue weighted by Gasteiger charge is 2.25. The van der Waals surface area contributed by atoms with Gasteiger partial charge in [-0.15, -0.1) is 0 Å². The van der Waals surface area contributed by atoms with E-state index in [1.807, 2.05) is 23.1 Å². The maximum absolute atomic E-state index is 4.18. The molecule has 1 aliphatic carbocycles. The van der Waals surface area contributed by atoms with Gasteiger partial charge in [0, 0.05) is 18.9 Å². The molecule has 2 nitrogen and oxygen atoms in total. The van der Waals surface area contributed by atoms with E-state index in [0.717, 1.165) is 18.4 Å². The minimum Gasteiger partial charge on any atom is -0.272 e. The molecule has 0 saturated heterocycles. The lowest BCUT2D eigenvalue weighted by Gasteiger charge is -2.32. The molecule has 1 aliphatic rings. The molecule has 2 rings (SSSR count). The van der Waals surface area contributed by atoms with Crippen LogP contribution in [-0.2, 0) is 6.54 Å². The summed E-state index contributed by atoms with van der Waals surface area (Å²) in [5.41, 5.74) is 0. The normalized spacial score (nSPS) is 29.9. The molecule has 1 aromatic rings. The van der Waals surface area contributed by atoms with Gasteiger partial charge in [0.1, 0.15) is 0 Å². The molecule has 0 spiro atoms. The zero-order valence-corrected chi connectivity index (χ0v) is 6.90. The molecular formula is C9H14N2. The molecule has 0 aromatic carbocycles. The van der Waals surface area contributed by atoms with E-state index in [1.54, 1.807) is 0 Å². The molecule has 1 heterocycles. The Labute approximate surface area is 67.2 Å². The Morgan fingerprint density at radius 2 is 2.36 bits per heavy atom. The number of aromatic nitrogens is 2. The van der Waals surface area contributed by atoms with E-state index < -0.39 is 0 Å². The molecule has 2 heteroatoms. The molecule has 0 aliphatic heterocycles. The average molecular weight is 150 g/mol. The SMILES string of the molecule is CC1CC(Cn2cccn2)C1. The highest BCUT2D eigenvalue weighted by molar-refractivity contribution is 4.81. The van der Waals surface area contributed by atoms with E-state index >= 15 is 0 Å². The van der Waals surface area contributed by atoms with E-state index in [-0.39, 0.29) is 0 Å². The molecule has 1 aromatic heterocycles. The summed E-state index contributed by atoms with van der Waals surface area (Å²) in [7, 11) is 0. The summed E-state index contributed by atoms with van der Waals surface area (Å²) >= 11 is 0. The molecule has 60 valence electrons. The third-order valence-electron chi connectivity index (χ3n) is 2.48. The maximum atomic E-state index is 4.18. The molecule has 11 heavy (non-hydrogen) atoms. The summed E-state index contributed by atoms with van der Waals surface area (Å²) in [6.07, 6.45) is 6.67. The van der Waals surface area contributed by atoms with Crippen molar-refractivity contribution in [2.45, 2.75) is 26.3 Å². The van der Waals surface area contributed by atoms with Gasteiger partial charge in [-0.2, -0.15) is 5.10 Å². The Bertz CT molecular complexity index is 209. The van der Waals surface area contributed by atoms with Crippen LogP contribution in [0.15, 0.2) is 18.5 Å². The highest BCUT2D eigenvalue weighted by Crippen LogP contribution is 2.33. The van der Waals surface area contributed by atoms with Crippen LogP contribution in [0.4, 0.5) is 0 Å². The van der Waals surface area contributed by atoms with Gasteiger partial charge in [-0.1, -0.05) is 6.92 Å². The van der Waals surface area contributed by atoms with E-state index in [1.165, 1.54) is 12.8 Å². The monoisotopic (exact) mass is 150 g/mol. The Balaban J connectivity index is 1.84. The van der Waals surface area contributed by atoms with Crippen LogP contribution in [0, 0.1) is 11.8 Å². The second-order valence-corrected chi connectivity index (χ2v) is 3.67. The molecule has 0 bridgehead atoms. The number of hydrogen-bond donors (Lipinski definition) is 0. The Hall–Kier alpha value is -0.790. The van der Waals surface area contributed by atoms with Gasteiger partial charge in [0.2, 0.25) is 0 Å². The van der Waals surface area contributed by atoms with Gasteiger partial charge < -0.3 is 0 Å². The lowest BCUT2D eigenvalue weighted by atomic mass is 9.76. The maximum Gasteiger partial charge on any atom is 0.0489 e.